The Labute approximate surface area is 164 Å². The van der Waals surface area contributed by atoms with E-state index in [4.69, 9.17) is 5.26 Å². The van der Waals surface area contributed by atoms with Gasteiger partial charge in [0.05, 0.1) is 50.8 Å². The smallest absolute Gasteiger partial charge is 0.269 e. The van der Waals surface area contributed by atoms with Crippen LogP contribution in [-0.2, 0) is 4.79 Å². The van der Waals surface area contributed by atoms with Crippen molar-refractivity contribution in [3.8, 4) is 6.07 Å². The van der Waals surface area contributed by atoms with Gasteiger partial charge in [-0.2, -0.15) is 5.26 Å². The normalized spacial score (nSPS) is 14.2. The summed E-state index contributed by atoms with van der Waals surface area (Å²) >= 11 is 0. The molecule has 7 heteroatoms. The van der Waals surface area contributed by atoms with E-state index in [1.807, 2.05) is 24.3 Å². The lowest BCUT2D eigenvalue weighted by Gasteiger charge is -2.33. The molecule has 2 aromatic carbocycles. The number of hydrogen-bond acceptors (Lipinski definition) is 4. The number of hydrazine groups is 1. The summed E-state index contributed by atoms with van der Waals surface area (Å²) in [7, 11) is 0. The van der Waals surface area contributed by atoms with Crippen molar-refractivity contribution in [2.75, 3.05) is 37.6 Å². The van der Waals surface area contributed by atoms with Crippen LogP contribution in [-0.4, -0.2) is 44.5 Å². The lowest BCUT2D eigenvalue weighted by molar-refractivity contribution is -0.900. The summed E-state index contributed by atoms with van der Waals surface area (Å²) in [5, 5.41) is 8.77. The highest BCUT2D eigenvalue weighted by Crippen LogP contribution is 2.12. The molecule has 1 aliphatic heterocycles. The first kappa shape index (κ1) is 19.4. The third kappa shape index (κ3) is 5.32. The van der Waals surface area contributed by atoms with Crippen LogP contribution in [0.5, 0.6) is 0 Å². The zero-order valence-corrected chi connectivity index (χ0v) is 15.6. The van der Waals surface area contributed by atoms with Crippen LogP contribution in [0.1, 0.15) is 22.3 Å². The fourth-order valence-corrected chi connectivity index (χ4v) is 3.22. The number of hydrogen-bond donors (Lipinski definition) is 3. The van der Waals surface area contributed by atoms with E-state index in [1.165, 1.54) is 10.6 Å². The standard InChI is InChI=1S/C21H23N5O2/c22-16-17-6-8-18(9-7-17)21(28)24-23-20(27)10-11-25-12-14-26(15-13-25)19-4-2-1-3-5-19/h1-9H,10-15H2,(H,23,27)(H,24,28)/p+1. The van der Waals surface area contributed by atoms with E-state index < -0.39 is 5.91 Å². The first-order valence-corrected chi connectivity index (χ1v) is 9.38. The molecule has 2 aromatic rings. The van der Waals surface area contributed by atoms with Crippen molar-refractivity contribution in [3.05, 3.63) is 65.7 Å². The van der Waals surface area contributed by atoms with Crippen LogP contribution >= 0.6 is 0 Å². The lowest BCUT2D eigenvalue weighted by atomic mass is 10.1. The number of para-hydroxylation sites is 1. The molecule has 0 saturated carbocycles. The third-order valence-corrected chi connectivity index (χ3v) is 4.89. The second-order valence-corrected chi connectivity index (χ2v) is 6.76. The van der Waals surface area contributed by atoms with E-state index in [2.05, 4.69) is 27.9 Å². The predicted molar refractivity (Wildman–Crippen MR) is 106 cm³/mol. The minimum Gasteiger partial charge on any atom is -0.360 e. The molecule has 0 bridgehead atoms. The number of benzene rings is 2. The average molecular weight is 378 g/mol. The van der Waals surface area contributed by atoms with Gasteiger partial charge in [0.25, 0.3) is 5.91 Å². The molecule has 7 nitrogen and oxygen atoms in total. The molecule has 28 heavy (non-hydrogen) atoms. The Kier molecular flexibility index (Phi) is 6.60. The number of rotatable bonds is 5. The number of quaternary nitrogens is 1. The number of nitrogens with one attached hydrogen (secondary N) is 3. The third-order valence-electron chi connectivity index (χ3n) is 4.89. The largest absolute Gasteiger partial charge is 0.360 e. The molecule has 1 aliphatic rings. The average Bonchev–Trinajstić information content (AvgIpc) is 2.77. The first-order chi connectivity index (χ1) is 13.7. The molecular weight excluding hydrogens is 354 g/mol. The molecule has 1 saturated heterocycles. The Balaban J connectivity index is 1.35. The van der Waals surface area contributed by atoms with Crippen LogP contribution in [0, 0.1) is 11.3 Å². The lowest BCUT2D eigenvalue weighted by Crippen LogP contribution is -3.15. The molecule has 1 heterocycles. The molecular formula is C21H24N5O2+. The van der Waals surface area contributed by atoms with Crippen LogP contribution in [0.25, 0.3) is 0 Å². The summed E-state index contributed by atoms with van der Waals surface area (Å²) in [5.41, 5.74) is 6.98. The van der Waals surface area contributed by atoms with Gasteiger partial charge in [-0.15, -0.1) is 0 Å². The van der Waals surface area contributed by atoms with Gasteiger partial charge in [-0.25, -0.2) is 0 Å². The highest BCUT2D eigenvalue weighted by molar-refractivity contribution is 5.95. The van der Waals surface area contributed by atoms with E-state index in [1.54, 1.807) is 24.3 Å². The van der Waals surface area contributed by atoms with Gasteiger partial charge in [0.1, 0.15) is 0 Å². The Bertz CT molecular complexity index is 837. The van der Waals surface area contributed by atoms with Gasteiger partial charge in [-0.3, -0.25) is 20.4 Å². The highest BCUT2D eigenvalue weighted by atomic mass is 16.2. The van der Waals surface area contributed by atoms with Gasteiger partial charge in [0.2, 0.25) is 5.91 Å². The van der Waals surface area contributed by atoms with E-state index in [0.29, 0.717) is 17.5 Å². The van der Waals surface area contributed by atoms with E-state index in [-0.39, 0.29) is 5.91 Å². The molecule has 144 valence electrons. The van der Waals surface area contributed by atoms with Gasteiger partial charge in [0, 0.05) is 11.3 Å². The molecule has 0 atom stereocenters. The molecule has 0 unspecified atom stereocenters. The number of amides is 2. The quantitative estimate of drug-likeness (QED) is 0.645. The highest BCUT2D eigenvalue weighted by Gasteiger charge is 2.20. The number of carbonyl (C=O) groups is 2. The molecule has 3 N–H and O–H groups in total. The van der Waals surface area contributed by atoms with Gasteiger partial charge in [-0.05, 0) is 36.4 Å². The van der Waals surface area contributed by atoms with Gasteiger partial charge >= 0.3 is 0 Å². The van der Waals surface area contributed by atoms with Crippen molar-refractivity contribution < 1.29 is 14.5 Å². The summed E-state index contributed by atoms with van der Waals surface area (Å²) in [5.74, 6) is -0.610. The molecule has 1 fully saturated rings. The summed E-state index contributed by atoms with van der Waals surface area (Å²) < 4.78 is 0. The number of carbonyl (C=O) groups excluding carboxylic acids is 2. The van der Waals surface area contributed by atoms with Gasteiger partial charge < -0.3 is 9.80 Å². The van der Waals surface area contributed by atoms with Crippen LogP contribution in [0.4, 0.5) is 5.69 Å². The van der Waals surface area contributed by atoms with E-state index in [0.717, 1.165) is 32.7 Å². The van der Waals surface area contributed by atoms with Crippen molar-refractivity contribution >= 4 is 17.5 Å². The maximum Gasteiger partial charge on any atom is 0.269 e. The minimum atomic E-state index is -0.401. The monoisotopic (exact) mass is 378 g/mol. The van der Waals surface area contributed by atoms with Crippen molar-refractivity contribution in [2.24, 2.45) is 0 Å². The maximum atomic E-state index is 12.0. The zero-order chi connectivity index (χ0) is 19.8. The molecule has 3 rings (SSSR count). The minimum absolute atomic E-state index is 0.208. The van der Waals surface area contributed by atoms with Gasteiger partial charge in [-0.1, -0.05) is 18.2 Å². The number of nitriles is 1. The summed E-state index contributed by atoms with van der Waals surface area (Å²) in [6.07, 6.45) is 0.355. The van der Waals surface area contributed by atoms with Crippen LogP contribution in [0.2, 0.25) is 0 Å². The predicted octanol–water partition coefficient (Wildman–Crippen LogP) is 0.114. The Hall–Kier alpha value is -3.37. The summed E-state index contributed by atoms with van der Waals surface area (Å²) in [6.45, 7) is 4.65. The maximum absolute atomic E-state index is 12.0. The van der Waals surface area contributed by atoms with Crippen molar-refractivity contribution in [2.45, 2.75) is 6.42 Å². The van der Waals surface area contributed by atoms with E-state index in [9.17, 15) is 9.59 Å². The van der Waals surface area contributed by atoms with Crippen molar-refractivity contribution in [1.29, 1.82) is 5.26 Å². The topological polar surface area (TPSA) is 89.7 Å². The second-order valence-electron chi connectivity index (χ2n) is 6.76. The molecule has 0 aromatic heterocycles. The van der Waals surface area contributed by atoms with Crippen molar-refractivity contribution in [1.82, 2.24) is 10.9 Å². The fraction of sp³-hybridized carbons (Fsp3) is 0.286. The van der Waals surface area contributed by atoms with Crippen molar-refractivity contribution in [3.63, 3.8) is 0 Å². The number of nitrogens with zero attached hydrogens (tertiary/aromatic N) is 2. The SMILES string of the molecule is N#Cc1ccc(C(=O)NNC(=O)CC[NH+]2CCN(c3ccccc3)CC2)cc1. The second kappa shape index (κ2) is 9.53. The summed E-state index contributed by atoms with van der Waals surface area (Å²) in [4.78, 5) is 27.8. The fourth-order valence-electron chi connectivity index (χ4n) is 3.22. The van der Waals surface area contributed by atoms with Crippen LogP contribution in [0.15, 0.2) is 54.6 Å². The summed E-state index contributed by atoms with van der Waals surface area (Å²) in [6, 6.07) is 18.6. The molecule has 0 spiro atoms. The Morgan fingerprint density at radius 1 is 1.00 bits per heavy atom. The number of anilines is 1. The van der Waals surface area contributed by atoms with Crippen LogP contribution in [0.3, 0.4) is 0 Å². The molecule has 0 aliphatic carbocycles. The van der Waals surface area contributed by atoms with Crippen LogP contribution < -0.4 is 20.7 Å². The molecule has 2 amide bonds. The molecule has 0 radical (unpaired) electrons. The Morgan fingerprint density at radius 3 is 2.32 bits per heavy atom. The number of piperazine rings is 1. The Morgan fingerprint density at radius 2 is 1.68 bits per heavy atom. The van der Waals surface area contributed by atoms with Gasteiger partial charge in [0.15, 0.2) is 0 Å². The first-order valence-electron chi connectivity index (χ1n) is 9.38. The van der Waals surface area contributed by atoms with E-state index >= 15 is 0 Å². The zero-order valence-electron chi connectivity index (χ0n) is 15.6.